The number of ether oxygens (including phenoxy) is 2. The van der Waals surface area contributed by atoms with E-state index in [1.807, 2.05) is 0 Å². The molecule has 0 atom stereocenters. The van der Waals surface area contributed by atoms with Crippen LogP contribution in [0, 0.1) is 6.92 Å². The van der Waals surface area contributed by atoms with Gasteiger partial charge in [-0.25, -0.2) is 13.1 Å². The molecule has 0 bridgehead atoms. The van der Waals surface area contributed by atoms with Gasteiger partial charge in [-0.2, -0.15) is 0 Å². The molecule has 0 spiro atoms. The maximum Gasteiger partial charge on any atom is 0.262 e. The molecule has 0 heterocycles. The van der Waals surface area contributed by atoms with Crippen LogP contribution in [0.2, 0.25) is 5.02 Å². The van der Waals surface area contributed by atoms with Crippen LogP contribution in [0.1, 0.15) is 5.56 Å². The van der Waals surface area contributed by atoms with E-state index in [1.54, 1.807) is 25.1 Å². The quantitative estimate of drug-likeness (QED) is 0.617. The van der Waals surface area contributed by atoms with Crippen molar-refractivity contribution in [2.75, 3.05) is 32.2 Å². The molecule has 0 saturated carbocycles. The zero-order valence-electron chi connectivity index (χ0n) is 15.0. The molecule has 0 aliphatic heterocycles. The Labute approximate surface area is 163 Å². The average molecular weight is 413 g/mol. The molecule has 0 fully saturated rings. The van der Waals surface area contributed by atoms with E-state index in [0.29, 0.717) is 16.5 Å². The summed E-state index contributed by atoms with van der Waals surface area (Å²) in [6.07, 6.45) is 0. The van der Waals surface area contributed by atoms with E-state index >= 15 is 0 Å². The largest absolute Gasteiger partial charge is 0.484 e. The second-order valence-corrected chi connectivity index (χ2v) is 7.79. The normalized spacial score (nSPS) is 11.2. The minimum absolute atomic E-state index is 0.102. The summed E-state index contributed by atoms with van der Waals surface area (Å²) < 4.78 is 36.8. The molecule has 0 unspecified atom stereocenters. The van der Waals surface area contributed by atoms with Crippen LogP contribution in [0.4, 0.5) is 5.69 Å². The maximum atomic E-state index is 12.1. The summed E-state index contributed by atoms with van der Waals surface area (Å²) in [6, 6.07) is 11.0. The van der Waals surface area contributed by atoms with Crippen LogP contribution < -0.4 is 14.8 Å². The number of hydrogen-bond acceptors (Lipinski definition) is 5. The first kappa shape index (κ1) is 21.2. The Kier molecular flexibility index (Phi) is 7.61. The molecule has 2 N–H and O–H groups in total. The second kappa shape index (κ2) is 9.70. The Morgan fingerprint density at radius 1 is 1.15 bits per heavy atom. The van der Waals surface area contributed by atoms with Crippen molar-refractivity contribution in [1.82, 2.24) is 4.72 Å². The van der Waals surface area contributed by atoms with Gasteiger partial charge >= 0.3 is 0 Å². The molecule has 0 aliphatic carbocycles. The number of amides is 1. The number of carbonyl (C=O) groups is 1. The van der Waals surface area contributed by atoms with Crippen LogP contribution in [0.15, 0.2) is 47.4 Å². The van der Waals surface area contributed by atoms with Crippen molar-refractivity contribution >= 4 is 33.2 Å². The fourth-order valence-electron chi connectivity index (χ4n) is 2.15. The van der Waals surface area contributed by atoms with Crippen molar-refractivity contribution in [3.05, 3.63) is 53.1 Å². The molecule has 7 nitrogen and oxygen atoms in total. The smallest absolute Gasteiger partial charge is 0.262 e. The van der Waals surface area contributed by atoms with Crippen molar-refractivity contribution in [1.29, 1.82) is 0 Å². The van der Waals surface area contributed by atoms with Gasteiger partial charge in [-0.1, -0.05) is 17.7 Å². The number of methoxy groups -OCH3 is 1. The van der Waals surface area contributed by atoms with E-state index in [4.69, 9.17) is 21.1 Å². The van der Waals surface area contributed by atoms with Crippen LogP contribution in [-0.4, -0.2) is 41.2 Å². The van der Waals surface area contributed by atoms with Crippen molar-refractivity contribution in [2.24, 2.45) is 0 Å². The van der Waals surface area contributed by atoms with Gasteiger partial charge in [0, 0.05) is 24.4 Å². The minimum Gasteiger partial charge on any atom is -0.484 e. The monoisotopic (exact) mass is 412 g/mol. The molecular formula is C18H21ClN2O5S. The third kappa shape index (κ3) is 6.21. The number of carbonyl (C=O) groups excluding carboxylic acids is 1. The summed E-state index contributed by atoms with van der Waals surface area (Å²) >= 11 is 6.02. The van der Waals surface area contributed by atoms with Gasteiger partial charge in [0.2, 0.25) is 10.0 Å². The Bertz CT molecular complexity index is 885. The molecule has 2 rings (SSSR count). The van der Waals surface area contributed by atoms with Gasteiger partial charge in [0.05, 0.1) is 11.5 Å². The summed E-state index contributed by atoms with van der Waals surface area (Å²) in [6.45, 7) is 2.05. The van der Waals surface area contributed by atoms with Crippen LogP contribution in [0.25, 0.3) is 0 Å². The van der Waals surface area contributed by atoms with E-state index < -0.39 is 10.0 Å². The first-order valence-electron chi connectivity index (χ1n) is 8.10. The van der Waals surface area contributed by atoms with E-state index in [0.717, 1.165) is 5.56 Å². The topological polar surface area (TPSA) is 93.7 Å². The first-order chi connectivity index (χ1) is 12.8. The lowest BCUT2D eigenvalue weighted by Gasteiger charge is -2.11. The van der Waals surface area contributed by atoms with Crippen molar-refractivity contribution < 1.29 is 22.7 Å². The first-order valence-corrected chi connectivity index (χ1v) is 9.96. The summed E-state index contributed by atoms with van der Waals surface area (Å²) in [5.41, 5.74) is 1.38. The Balaban J connectivity index is 1.91. The fourth-order valence-corrected chi connectivity index (χ4v) is 3.34. The highest BCUT2D eigenvalue weighted by molar-refractivity contribution is 7.89. The predicted molar refractivity (Wildman–Crippen MR) is 104 cm³/mol. The Morgan fingerprint density at radius 2 is 1.85 bits per heavy atom. The lowest BCUT2D eigenvalue weighted by Crippen LogP contribution is -2.27. The number of rotatable bonds is 9. The number of sulfonamides is 1. The third-order valence-corrected chi connectivity index (χ3v) is 5.53. The van der Waals surface area contributed by atoms with E-state index in [9.17, 15) is 13.2 Å². The van der Waals surface area contributed by atoms with Gasteiger partial charge in [-0.3, -0.25) is 4.79 Å². The second-order valence-electron chi connectivity index (χ2n) is 5.61. The van der Waals surface area contributed by atoms with Crippen molar-refractivity contribution in [3.63, 3.8) is 0 Å². The highest BCUT2D eigenvalue weighted by atomic mass is 35.5. The standard InChI is InChI=1S/C18H21ClN2O5S/c1-13-16(19)4-3-5-17(13)21-18(22)12-26-14-6-8-15(9-7-14)27(23,24)20-10-11-25-2/h3-9,20H,10-12H2,1-2H3,(H,21,22). The van der Waals surface area contributed by atoms with Crippen LogP contribution in [0.3, 0.4) is 0 Å². The van der Waals surface area contributed by atoms with E-state index in [-0.39, 0.29) is 30.6 Å². The average Bonchev–Trinajstić information content (AvgIpc) is 2.64. The molecule has 9 heteroatoms. The number of nitrogens with one attached hydrogen (secondary N) is 2. The lowest BCUT2D eigenvalue weighted by molar-refractivity contribution is -0.118. The summed E-state index contributed by atoms with van der Waals surface area (Å²) in [7, 11) is -2.12. The van der Waals surface area contributed by atoms with Gasteiger partial charge in [0.1, 0.15) is 5.75 Å². The van der Waals surface area contributed by atoms with Gasteiger partial charge in [-0.15, -0.1) is 0 Å². The van der Waals surface area contributed by atoms with E-state index in [1.165, 1.54) is 31.4 Å². The molecule has 2 aromatic carbocycles. The Morgan fingerprint density at radius 3 is 2.52 bits per heavy atom. The molecule has 0 aliphatic rings. The predicted octanol–water partition coefficient (Wildman–Crippen LogP) is 2.59. The molecular weight excluding hydrogens is 392 g/mol. The molecule has 2 aromatic rings. The maximum absolute atomic E-state index is 12.1. The number of anilines is 1. The van der Waals surface area contributed by atoms with Gasteiger partial charge in [0.15, 0.2) is 6.61 Å². The summed E-state index contributed by atoms with van der Waals surface area (Å²) in [4.78, 5) is 12.1. The molecule has 0 saturated heterocycles. The zero-order chi connectivity index (χ0) is 19.9. The van der Waals surface area contributed by atoms with Gasteiger partial charge < -0.3 is 14.8 Å². The molecule has 1 amide bonds. The van der Waals surface area contributed by atoms with Gasteiger partial charge in [0.25, 0.3) is 5.91 Å². The number of halogens is 1. The highest BCUT2D eigenvalue weighted by Gasteiger charge is 2.13. The van der Waals surface area contributed by atoms with Gasteiger partial charge in [-0.05, 0) is 48.9 Å². The molecule has 146 valence electrons. The van der Waals surface area contributed by atoms with Crippen molar-refractivity contribution in [2.45, 2.75) is 11.8 Å². The Hall–Kier alpha value is -2.13. The summed E-state index contributed by atoms with van der Waals surface area (Å²) in [5, 5.41) is 3.28. The number of benzene rings is 2. The fraction of sp³-hybridized carbons (Fsp3) is 0.278. The highest BCUT2D eigenvalue weighted by Crippen LogP contribution is 2.23. The van der Waals surface area contributed by atoms with Crippen LogP contribution >= 0.6 is 11.6 Å². The van der Waals surface area contributed by atoms with Crippen molar-refractivity contribution in [3.8, 4) is 5.75 Å². The SMILES string of the molecule is COCCNS(=O)(=O)c1ccc(OCC(=O)Nc2cccc(Cl)c2C)cc1. The third-order valence-electron chi connectivity index (χ3n) is 3.64. The molecule has 0 aromatic heterocycles. The molecule has 27 heavy (non-hydrogen) atoms. The number of hydrogen-bond donors (Lipinski definition) is 2. The molecule has 0 radical (unpaired) electrons. The van der Waals surface area contributed by atoms with Crippen LogP contribution in [0.5, 0.6) is 5.75 Å². The lowest BCUT2D eigenvalue weighted by atomic mass is 10.2. The zero-order valence-corrected chi connectivity index (χ0v) is 16.6. The minimum atomic E-state index is -3.61. The summed E-state index contributed by atoms with van der Waals surface area (Å²) in [5.74, 6) is 0.0297. The van der Waals surface area contributed by atoms with E-state index in [2.05, 4.69) is 10.0 Å². The van der Waals surface area contributed by atoms with Crippen LogP contribution in [-0.2, 0) is 19.6 Å².